The SMILES string of the molecule is [Er+3].[GeH2-].[GeH2-].[GeH2-]. The average molecular weight is 391 g/mol. The Morgan fingerprint density at radius 3 is 0.500 bits per heavy atom. The fraction of sp³-hybridized carbons (Fsp3) is 0. The molecule has 0 saturated carbocycles. The predicted molar refractivity (Wildman–Crippen MR) is 25.6 cm³/mol. The van der Waals surface area contributed by atoms with Crippen molar-refractivity contribution >= 4 is 52.8 Å². The number of rotatable bonds is 0. The molecule has 0 amide bonds. The number of hydrogen-bond acceptors (Lipinski definition) is 0. The van der Waals surface area contributed by atoms with Crippen LogP contribution in [0, 0.1) is 37.3 Å². The number of hydrogen-bond donors (Lipinski definition) is 0. The molecule has 0 spiro atoms. The van der Waals surface area contributed by atoms with Crippen LogP contribution in [0.2, 0.25) is 0 Å². The van der Waals surface area contributed by atoms with E-state index < -0.39 is 0 Å². The van der Waals surface area contributed by atoms with Crippen LogP contribution < -0.4 is 0 Å². The van der Waals surface area contributed by atoms with Crippen molar-refractivity contribution in [3.05, 3.63) is 0 Å². The summed E-state index contributed by atoms with van der Waals surface area (Å²) in [5.74, 6) is 0. The van der Waals surface area contributed by atoms with Gasteiger partial charge in [-0.15, -0.1) is 0 Å². The van der Waals surface area contributed by atoms with Crippen LogP contribution in [-0.2, 0) is 0 Å². The fourth-order valence-electron chi connectivity index (χ4n) is 0. The molecular formula is H6ErGe3. The van der Waals surface area contributed by atoms with Crippen LogP contribution in [-0.4, -0.2) is 52.8 Å². The van der Waals surface area contributed by atoms with Crippen molar-refractivity contribution in [2.75, 3.05) is 0 Å². The van der Waals surface area contributed by atoms with Crippen LogP contribution in [0.1, 0.15) is 0 Å². The molecule has 0 bridgehead atoms. The van der Waals surface area contributed by atoms with Gasteiger partial charge in [0.25, 0.3) is 0 Å². The Balaban J connectivity index is 0. The van der Waals surface area contributed by atoms with E-state index in [4.69, 9.17) is 0 Å². The van der Waals surface area contributed by atoms with Gasteiger partial charge in [0.1, 0.15) is 0 Å². The van der Waals surface area contributed by atoms with Gasteiger partial charge < -0.3 is 0 Å². The third-order valence-corrected chi connectivity index (χ3v) is 0. The van der Waals surface area contributed by atoms with Crippen molar-refractivity contribution < 1.29 is 37.3 Å². The van der Waals surface area contributed by atoms with Crippen LogP contribution >= 0.6 is 0 Å². The Labute approximate surface area is 88.4 Å². The minimum absolute atomic E-state index is 0. The summed E-state index contributed by atoms with van der Waals surface area (Å²) < 4.78 is 0. The summed E-state index contributed by atoms with van der Waals surface area (Å²) in [7, 11) is 0. The van der Waals surface area contributed by atoms with Crippen molar-refractivity contribution in [1.29, 1.82) is 0 Å². The van der Waals surface area contributed by atoms with Crippen molar-refractivity contribution in [2.45, 2.75) is 0 Å². The van der Waals surface area contributed by atoms with Gasteiger partial charge in [-0.1, -0.05) is 0 Å². The Hall–Kier alpha value is 2.88. The molecule has 0 aromatic carbocycles. The molecule has 0 saturated heterocycles. The van der Waals surface area contributed by atoms with Crippen molar-refractivity contribution in [3.8, 4) is 0 Å². The first-order chi connectivity index (χ1) is 0. The second kappa shape index (κ2) is 16.9. The second-order valence-corrected chi connectivity index (χ2v) is 0. The molecule has 0 heterocycles. The quantitative estimate of drug-likeness (QED) is 0.393. The molecular weight excluding hydrogens is 385 g/mol. The van der Waals surface area contributed by atoms with E-state index in [1.807, 2.05) is 0 Å². The molecule has 0 aliphatic rings. The maximum atomic E-state index is 0. The second-order valence-electron chi connectivity index (χ2n) is 0. The summed E-state index contributed by atoms with van der Waals surface area (Å²) in [5, 5.41) is 0. The van der Waals surface area contributed by atoms with E-state index in [9.17, 15) is 0 Å². The molecule has 0 N–H and O–H groups in total. The van der Waals surface area contributed by atoms with E-state index >= 15 is 0 Å². The van der Waals surface area contributed by atoms with Gasteiger partial charge in [-0.2, -0.15) is 0 Å². The molecule has 4 heteroatoms. The molecule has 4 heavy (non-hydrogen) atoms. The van der Waals surface area contributed by atoms with Gasteiger partial charge in [0, 0.05) is 0 Å². The first-order valence-electron chi connectivity index (χ1n) is 0. The summed E-state index contributed by atoms with van der Waals surface area (Å²) in [4.78, 5) is 0. The van der Waals surface area contributed by atoms with Crippen LogP contribution in [0.15, 0.2) is 0 Å². The summed E-state index contributed by atoms with van der Waals surface area (Å²) >= 11 is 0. The molecule has 0 aromatic heterocycles. The zero-order valence-electron chi connectivity index (χ0n) is 2.41. The third kappa shape index (κ3) is 8.86. The van der Waals surface area contributed by atoms with Gasteiger partial charge in [0.05, 0.1) is 0 Å². The predicted octanol–water partition coefficient (Wildman–Crippen LogP) is -2.75. The minimum atomic E-state index is 0. The van der Waals surface area contributed by atoms with E-state index in [-0.39, 0.29) is 90.1 Å². The topological polar surface area (TPSA) is 0 Å². The van der Waals surface area contributed by atoms with Gasteiger partial charge in [-0.3, -0.25) is 0 Å². The molecule has 0 aliphatic heterocycles. The third-order valence-electron chi connectivity index (χ3n) is 0. The van der Waals surface area contributed by atoms with E-state index in [0.29, 0.717) is 0 Å². The molecule has 0 nitrogen and oxygen atoms in total. The van der Waals surface area contributed by atoms with Crippen LogP contribution in [0.3, 0.4) is 0 Å². The molecule has 0 unspecified atom stereocenters. The van der Waals surface area contributed by atoms with Gasteiger partial charge in [-0.05, 0) is 0 Å². The van der Waals surface area contributed by atoms with E-state index in [0.717, 1.165) is 0 Å². The summed E-state index contributed by atoms with van der Waals surface area (Å²) in [5.41, 5.74) is 0. The van der Waals surface area contributed by atoms with E-state index in [1.165, 1.54) is 0 Å². The summed E-state index contributed by atoms with van der Waals surface area (Å²) in [6.07, 6.45) is 0. The van der Waals surface area contributed by atoms with Crippen molar-refractivity contribution in [2.24, 2.45) is 0 Å². The molecule has 4 radical (unpaired) electrons. The summed E-state index contributed by atoms with van der Waals surface area (Å²) in [6, 6.07) is 0. The van der Waals surface area contributed by atoms with Crippen LogP contribution in [0.4, 0.5) is 0 Å². The molecule has 0 aromatic rings. The van der Waals surface area contributed by atoms with Crippen molar-refractivity contribution in [1.82, 2.24) is 0 Å². The van der Waals surface area contributed by atoms with Crippen LogP contribution in [0.25, 0.3) is 0 Å². The van der Waals surface area contributed by atoms with Gasteiger partial charge in [-0.25, -0.2) is 0 Å². The molecule has 0 rings (SSSR count). The van der Waals surface area contributed by atoms with Gasteiger partial charge in [0.15, 0.2) is 0 Å². The molecule has 0 fully saturated rings. The maximum absolute atomic E-state index is 0. The molecule has 0 atom stereocenters. The Kier molecular flexibility index (Phi) is 121. The molecule has 0 aliphatic carbocycles. The van der Waals surface area contributed by atoms with Crippen LogP contribution in [0.5, 0.6) is 0 Å². The van der Waals surface area contributed by atoms with Gasteiger partial charge >= 0.3 is 90.1 Å². The average Bonchev–Trinajstić information content (AvgIpc) is 0. The van der Waals surface area contributed by atoms with Crippen molar-refractivity contribution in [3.63, 3.8) is 0 Å². The normalized spacial score (nSPS) is 0. The summed E-state index contributed by atoms with van der Waals surface area (Å²) in [6.45, 7) is 0. The van der Waals surface area contributed by atoms with E-state index in [1.54, 1.807) is 0 Å². The Morgan fingerprint density at radius 1 is 0.500 bits per heavy atom. The zero-order chi connectivity index (χ0) is 0. The zero-order valence-corrected chi connectivity index (χ0v) is 13.2. The Bertz CT molecular complexity index is 3.25. The van der Waals surface area contributed by atoms with Gasteiger partial charge in [0.2, 0.25) is 0 Å². The molecule has 30 valence electrons. The fourth-order valence-corrected chi connectivity index (χ4v) is 0. The first-order valence-corrected chi connectivity index (χ1v) is 0. The monoisotopic (exact) mass is 394 g/mol. The van der Waals surface area contributed by atoms with E-state index in [2.05, 4.69) is 0 Å². The standard InChI is InChI=1S/Er.3GeH2/h;3*1H2/q+3;3*-1. The first kappa shape index (κ1) is 28.7. The Morgan fingerprint density at radius 2 is 0.500 bits per heavy atom.